The van der Waals surface area contributed by atoms with Crippen LogP contribution in [-0.4, -0.2) is 46.6 Å². The number of nitrogens with one attached hydrogen (secondary N) is 3. The predicted molar refractivity (Wildman–Crippen MR) is 137 cm³/mol. The van der Waals surface area contributed by atoms with Gasteiger partial charge in [0.15, 0.2) is 5.11 Å². The topological polar surface area (TPSA) is 109 Å². The summed E-state index contributed by atoms with van der Waals surface area (Å²) in [5.74, 6) is -3.99. The summed E-state index contributed by atoms with van der Waals surface area (Å²) >= 11 is 5.29. The molecule has 0 amide bonds. The lowest BCUT2D eigenvalue weighted by Gasteiger charge is -2.52. The van der Waals surface area contributed by atoms with Gasteiger partial charge in [-0.15, -0.1) is 0 Å². The monoisotopic (exact) mass is 501 g/mol. The van der Waals surface area contributed by atoms with Gasteiger partial charge in [0.1, 0.15) is 24.8 Å². The van der Waals surface area contributed by atoms with Gasteiger partial charge < -0.3 is 19.9 Å². The van der Waals surface area contributed by atoms with Crippen LogP contribution in [-0.2, 0) is 24.5 Å². The predicted octanol–water partition coefficient (Wildman–Crippen LogP) is 2.59. The van der Waals surface area contributed by atoms with Crippen LogP contribution in [0.3, 0.4) is 0 Å². The maximum Gasteiger partial charge on any atom is 0.313 e. The number of carbonyl (C=O) groups excluding carboxylic acids is 2. The molecule has 5 unspecified atom stereocenters. The Balaban J connectivity index is 2.20. The van der Waals surface area contributed by atoms with E-state index in [9.17, 15) is 14.7 Å². The van der Waals surface area contributed by atoms with Crippen LogP contribution in [0.15, 0.2) is 49.6 Å². The smallest absolute Gasteiger partial charge is 0.313 e. The van der Waals surface area contributed by atoms with Crippen molar-refractivity contribution in [1.29, 1.82) is 0 Å². The van der Waals surface area contributed by atoms with E-state index in [1.54, 1.807) is 6.92 Å². The first-order valence-electron chi connectivity index (χ1n) is 11.6. The number of rotatable bonds is 7. The molecule has 9 heteroatoms. The van der Waals surface area contributed by atoms with Crippen LogP contribution in [0, 0.1) is 11.8 Å². The average molecular weight is 502 g/mol. The highest BCUT2D eigenvalue weighted by Gasteiger charge is 2.65. The van der Waals surface area contributed by atoms with Crippen molar-refractivity contribution in [1.82, 2.24) is 16.2 Å². The van der Waals surface area contributed by atoms with E-state index in [4.69, 9.17) is 21.7 Å². The zero-order chi connectivity index (χ0) is 26.0. The van der Waals surface area contributed by atoms with Gasteiger partial charge in [-0.2, -0.15) is 0 Å². The van der Waals surface area contributed by atoms with E-state index in [-0.39, 0.29) is 30.2 Å². The fraction of sp³-hybridized carbons (Fsp3) is 0.500. The summed E-state index contributed by atoms with van der Waals surface area (Å²) in [4.78, 5) is 26.9. The summed E-state index contributed by atoms with van der Waals surface area (Å²) < 4.78 is 10.9. The van der Waals surface area contributed by atoms with Gasteiger partial charge in [0, 0.05) is 12.3 Å². The van der Waals surface area contributed by atoms with E-state index in [1.165, 1.54) is 12.2 Å². The summed E-state index contributed by atoms with van der Waals surface area (Å²) in [5.41, 5.74) is 4.83. The molecule has 0 bridgehead atoms. The molecule has 1 saturated carbocycles. The van der Waals surface area contributed by atoms with Gasteiger partial charge >= 0.3 is 11.9 Å². The van der Waals surface area contributed by atoms with Gasteiger partial charge in [-0.1, -0.05) is 70.3 Å². The molecule has 1 aromatic rings. The molecule has 0 aromatic heterocycles. The van der Waals surface area contributed by atoms with Crippen LogP contribution in [0.2, 0.25) is 0 Å². The molecule has 4 N–H and O–H groups in total. The molecular weight excluding hydrogens is 466 g/mol. The van der Waals surface area contributed by atoms with E-state index in [0.29, 0.717) is 5.56 Å². The summed E-state index contributed by atoms with van der Waals surface area (Å²) in [7, 11) is 0. The zero-order valence-electron chi connectivity index (χ0n) is 20.7. The van der Waals surface area contributed by atoms with Crippen LogP contribution in [0.1, 0.15) is 51.2 Å². The first kappa shape index (κ1) is 26.8. The quantitative estimate of drug-likeness (QED) is 0.255. The average Bonchev–Trinajstić information content (AvgIpc) is 3.14. The van der Waals surface area contributed by atoms with E-state index >= 15 is 0 Å². The first-order valence-corrected chi connectivity index (χ1v) is 12.0. The Morgan fingerprint density at radius 2 is 1.66 bits per heavy atom. The molecule has 1 saturated heterocycles. The van der Waals surface area contributed by atoms with Crippen molar-refractivity contribution in [2.45, 2.75) is 56.7 Å². The Hall–Kier alpha value is -2.75. The molecule has 1 aromatic carbocycles. The fourth-order valence-corrected chi connectivity index (χ4v) is 5.38. The molecule has 5 atom stereocenters. The van der Waals surface area contributed by atoms with Gasteiger partial charge in [0.2, 0.25) is 0 Å². The van der Waals surface area contributed by atoms with Crippen molar-refractivity contribution in [2.75, 3.05) is 13.2 Å². The Morgan fingerprint density at radius 3 is 2.11 bits per heavy atom. The van der Waals surface area contributed by atoms with E-state index in [1.807, 2.05) is 24.3 Å². The number of esters is 2. The van der Waals surface area contributed by atoms with Gasteiger partial charge in [0.25, 0.3) is 0 Å². The lowest BCUT2D eigenvalue weighted by atomic mass is 9.58. The van der Waals surface area contributed by atoms with Crippen molar-refractivity contribution < 1.29 is 24.2 Å². The first-order chi connectivity index (χ1) is 16.4. The number of thiocarbonyl (C=S) groups is 1. The zero-order valence-corrected chi connectivity index (χ0v) is 21.5. The van der Waals surface area contributed by atoms with Gasteiger partial charge in [-0.05, 0) is 35.7 Å². The molecule has 0 radical (unpaired) electrons. The SMILES string of the molecule is C=CCOC(=O)C1C(c2ccc(C(C)(C)C)cc2)C(C(=O)OCC=C)C2(CC1(C)O)NNC(=S)N2. The second-order valence-electron chi connectivity index (χ2n) is 10.4. The number of hydrazine groups is 1. The third kappa shape index (κ3) is 5.42. The second kappa shape index (κ2) is 10.1. The summed E-state index contributed by atoms with van der Waals surface area (Å²) in [6, 6.07) is 7.73. The van der Waals surface area contributed by atoms with E-state index in [0.717, 1.165) is 5.56 Å². The Labute approximate surface area is 212 Å². The molecule has 1 spiro atoms. The van der Waals surface area contributed by atoms with E-state index in [2.05, 4.69) is 50.1 Å². The van der Waals surface area contributed by atoms with Crippen LogP contribution >= 0.6 is 12.2 Å². The minimum atomic E-state index is -1.57. The third-order valence-electron chi connectivity index (χ3n) is 6.65. The number of aliphatic hydroxyl groups is 1. The summed E-state index contributed by atoms with van der Waals surface area (Å²) in [5, 5.41) is 15.1. The molecule has 1 aliphatic carbocycles. The molecule has 8 nitrogen and oxygen atoms in total. The van der Waals surface area contributed by atoms with Crippen LogP contribution in [0.25, 0.3) is 0 Å². The maximum atomic E-state index is 13.6. The highest BCUT2D eigenvalue weighted by Crippen LogP contribution is 2.52. The van der Waals surface area contributed by atoms with E-state index < -0.39 is 41.0 Å². The van der Waals surface area contributed by atoms with Crippen LogP contribution in [0.5, 0.6) is 0 Å². The molecule has 2 aliphatic rings. The van der Waals surface area contributed by atoms with Crippen molar-refractivity contribution >= 4 is 29.3 Å². The molecular formula is C26H35N3O5S. The maximum absolute atomic E-state index is 13.6. The Kier molecular flexibility index (Phi) is 7.74. The standard InChI is InChI=1S/C26H35N3O5S/c1-7-13-33-21(30)19-18(16-9-11-17(12-10-16)24(3,4)5)20(22(31)34-14-8-2)26(15-25(19,6)32)27-23(35)28-29-26/h7-12,18-20,29,32H,1-2,13-15H2,3-6H3,(H2,27,28,35). The molecule has 3 rings (SSSR count). The third-order valence-corrected chi connectivity index (χ3v) is 6.85. The number of hydrogen-bond donors (Lipinski definition) is 4. The lowest BCUT2D eigenvalue weighted by molar-refractivity contribution is -0.179. The van der Waals surface area contributed by atoms with Crippen molar-refractivity contribution in [3.05, 3.63) is 60.7 Å². The molecule has 2 fully saturated rings. The fourth-order valence-electron chi connectivity index (χ4n) is 5.15. The van der Waals surface area contributed by atoms with Gasteiger partial charge in [0.05, 0.1) is 11.5 Å². The molecule has 190 valence electrons. The molecule has 35 heavy (non-hydrogen) atoms. The lowest BCUT2D eigenvalue weighted by Crippen LogP contribution is -2.70. The molecule has 1 aliphatic heterocycles. The Morgan fingerprint density at radius 1 is 1.11 bits per heavy atom. The highest BCUT2D eigenvalue weighted by molar-refractivity contribution is 7.80. The number of carbonyl (C=O) groups is 2. The van der Waals surface area contributed by atoms with Crippen LogP contribution in [0.4, 0.5) is 0 Å². The minimum Gasteiger partial charge on any atom is -0.461 e. The second-order valence-corrected chi connectivity index (χ2v) is 10.8. The largest absolute Gasteiger partial charge is 0.461 e. The number of benzene rings is 1. The van der Waals surface area contributed by atoms with Gasteiger partial charge in [-0.25, -0.2) is 5.43 Å². The summed E-state index contributed by atoms with van der Waals surface area (Å²) in [6.45, 7) is 15.1. The van der Waals surface area contributed by atoms with Gasteiger partial charge in [-0.3, -0.25) is 15.0 Å². The Bertz CT molecular complexity index is 1000. The van der Waals surface area contributed by atoms with Crippen molar-refractivity contribution in [3.63, 3.8) is 0 Å². The highest BCUT2D eigenvalue weighted by atomic mass is 32.1. The summed E-state index contributed by atoms with van der Waals surface area (Å²) in [6.07, 6.45) is 2.92. The van der Waals surface area contributed by atoms with Crippen molar-refractivity contribution in [3.8, 4) is 0 Å². The number of hydrogen-bond acceptors (Lipinski definition) is 7. The molecule has 1 heterocycles. The van der Waals surface area contributed by atoms with Crippen LogP contribution < -0.4 is 16.2 Å². The normalized spacial score (nSPS) is 30.2. The number of ether oxygens (including phenoxy) is 2. The van der Waals surface area contributed by atoms with Crippen molar-refractivity contribution in [2.24, 2.45) is 11.8 Å². The minimum absolute atomic E-state index is 0.000933.